The minimum Gasteiger partial charge on any atom is -0.0884 e. The van der Waals surface area contributed by atoms with Gasteiger partial charge in [0.1, 0.15) is 0 Å². The van der Waals surface area contributed by atoms with Crippen molar-refractivity contribution in [3.63, 3.8) is 0 Å². The molecule has 0 N–H and O–H groups in total. The first kappa shape index (κ1) is 11.9. The van der Waals surface area contributed by atoms with Crippen LogP contribution in [0.4, 0.5) is 0 Å². The molecule has 0 unspecified atom stereocenters. The van der Waals surface area contributed by atoms with Gasteiger partial charge in [-0.25, -0.2) is 0 Å². The molecular formula is C16H17Si. The smallest absolute Gasteiger partial charge is 0.0701 e. The Bertz CT molecular complexity index is 442. The highest BCUT2D eigenvalue weighted by Gasteiger charge is 2.05. The number of hydrogen-bond acceptors (Lipinski definition) is 0. The Morgan fingerprint density at radius 2 is 1.18 bits per heavy atom. The summed E-state index contributed by atoms with van der Waals surface area (Å²) in [4.78, 5) is 0. The van der Waals surface area contributed by atoms with Crippen molar-refractivity contribution in [1.82, 2.24) is 0 Å². The lowest BCUT2D eigenvalue weighted by Crippen LogP contribution is -1.98. The zero-order valence-corrected chi connectivity index (χ0v) is 11.4. The van der Waals surface area contributed by atoms with Crippen LogP contribution in [0.5, 0.6) is 0 Å². The van der Waals surface area contributed by atoms with Crippen molar-refractivity contribution >= 4 is 14.4 Å². The van der Waals surface area contributed by atoms with Gasteiger partial charge in [0.15, 0.2) is 0 Å². The molecule has 0 aliphatic rings. The third-order valence-electron chi connectivity index (χ3n) is 2.60. The van der Waals surface area contributed by atoms with Gasteiger partial charge in [0.05, 0.1) is 8.80 Å². The van der Waals surface area contributed by atoms with Crippen molar-refractivity contribution < 1.29 is 0 Å². The predicted octanol–water partition coefficient (Wildman–Crippen LogP) is 4.41. The van der Waals surface area contributed by atoms with Crippen LogP contribution in [0.1, 0.15) is 11.1 Å². The van der Waals surface area contributed by atoms with E-state index in [2.05, 4.69) is 79.5 Å². The molecule has 0 heterocycles. The lowest BCUT2D eigenvalue weighted by molar-refractivity contribution is 1.55. The maximum atomic E-state index is 2.43. The third kappa shape index (κ3) is 3.18. The second-order valence-electron chi connectivity index (χ2n) is 4.37. The second-order valence-corrected chi connectivity index (χ2v) is 6.81. The molecule has 0 saturated carbocycles. The number of hydrogen-bond donors (Lipinski definition) is 0. The highest BCUT2D eigenvalue weighted by atomic mass is 28.3. The normalized spacial score (nSPS) is 10.3. The molecule has 0 aliphatic heterocycles. The molecule has 0 aromatic heterocycles. The minimum absolute atomic E-state index is 0.390. The van der Waals surface area contributed by atoms with E-state index in [0.717, 1.165) is 0 Å². The van der Waals surface area contributed by atoms with Gasteiger partial charge in [0.2, 0.25) is 0 Å². The molecule has 0 amide bonds. The molecule has 17 heavy (non-hydrogen) atoms. The topological polar surface area (TPSA) is 0 Å². The van der Waals surface area contributed by atoms with E-state index in [1.54, 1.807) is 0 Å². The first-order valence-electron chi connectivity index (χ1n) is 5.90. The lowest BCUT2D eigenvalue weighted by Gasteiger charge is -2.09. The van der Waals surface area contributed by atoms with Gasteiger partial charge in [-0.2, -0.15) is 0 Å². The van der Waals surface area contributed by atoms with Gasteiger partial charge >= 0.3 is 0 Å². The van der Waals surface area contributed by atoms with Crippen molar-refractivity contribution in [3.05, 3.63) is 77.5 Å². The van der Waals surface area contributed by atoms with Crippen LogP contribution in [0.3, 0.4) is 0 Å². The quantitative estimate of drug-likeness (QED) is 0.694. The maximum Gasteiger partial charge on any atom is 0.0701 e. The van der Waals surface area contributed by atoms with Crippen LogP contribution in [0.15, 0.2) is 66.4 Å². The van der Waals surface area contributed by atoms with Gasteiger partial charge in [-0.15, -0.1) is 0 Å². The molecule has 2 aromatic rings. The van der Waals surface area contributed by atoms with E-state index >= 15 is 0 Å². The molecule has 0 fully saturated rings. The third-order valence-corrected chi connectivity index (χ3v) is 3.47. The zero-order valence-electron chi connectivity index (χ0n) is 10.4. The fraction of sp³-hybridized carbons (Fsp3) is 0.125. The van der Waals surface area contributed by atoms with Gasteiger partial charge in [0, 0.05) is 0 Å². The van der Waals surface area contributed by atoms with Crippen molar-refractivity contribution in [2.75, 3.05) is 0 Å². The van der Waals surface area contributed by atoms with Crippen LogP contribution in [-0.4, -0.2) is 8.80 Å². The Morgan fingerprint density at radius 3 is 1.53 bits per heavy atom. The average molecular weight is 237 g/mol. The Labute approximate surface area is 105 Å². The summed E-state index contributed by atoms with van der Waals surface area (Å²) in [6.45, 7) is 4.63. The zero-order chi connectivity index (χ0) is 12.1. The van der Waals surface area contributed by atoms with E-state index < -0.39 is 0 Å². The molecule has 0 spiro atoms. The predicted molar refractivity (Wildman–Crippen MR) is 77.4 cm³/mol. The largest absolute Gasteiger partial charge is 0.0884 e. The van der Waals surface area contributed by atoms with Crippen LogP contribution in [-0.2, 0) is 0 Å². The van der Waals surface area contributed by atoms with Crippen molar-refractivity contribution in [2.24, 2.45) is 0 Å². The van der Waals surface area contributed by atoms with Gasteiger partial charge in [0.25, 0.3) is 0 Å². The van der Waals surface area contributed by atoms with E-state index in [1.807, 2.05) is 0 Å². The van der Waals surface area contributed by atoms with Crippen LogP contribution >= 0.6 is 0 Å². The molecule has 1 heteroatoms. The molecule has 0 nitrogen and oxygen atoms in total. The van der Waals surface area contributed by atoms with Crippen LogP contribution in [0.25, 0.3) is 5.57 Å². The van der Waals surface area contributed by atoms with Gasteiger partial charge < -0.3 is 0 Å². The monoisotopic (exact) mass is 237 g/mol. The van der Waals surface area contributed by atoms with E-state index in [1.165, 1.54) is 16.7 Å². The van der Waals surface area contributed by atoms with E-state index in [0.29, 0.717) is 0 Å². The summed E-state index contributed by atoms with van der Waals surface area (Å²) in [5, 5.41) is 0. The summed E-state index contributed by atoms with van der Waals surface area (Å²) in [6.07, 6.45) is 0. The molecular weight excluding hydrogens is 220 g/mol. The Balaban J connectivity index is 2.47. The maximum absolute atomic E-state index is 2.43. The molecule has 2 aromatic carbocycles. The highest BCUT2D eigenvalue weighted by molar-refractivity contribution is 6.62. The van der Waals surface area contributed by atoms with Gasteiger partial charge in [-0.3, -0.25) is 0 Å². The first-order chi connectivity index (χ1) is 8.27. The van der Waals surface area contributed by atoms with E-state index in [-0.39, 0.29) is 8.80 Å². The number of benzene rings is 2. The summed E-state index contributed by atoms with van der Waals surface area (Å²) in [7, 11) is -0.390. The minimum atomic E-state index is -0.390. The summed E-state index contributed by atoms with van der Waals surface area (Å²) in [5.74, 6) is 0. The average Bonchev–Trinajstić information content (AvgIpc) is 2.38. The Kier molecular flexibility index (Phi) is 3.94. The van der Waals surface area contributed by atoms with Crippen LogP contribution < -0.4 is 0 Å². The molecule has 0 bridgehead atoms. The Morgan fingerprint density at radius 1 is 0.765 bits per heavy atom. The fourth-order valence-electron chi connectivity index (χ4n) is 1.86. The van der Waals surface area contributed by atoms with Crippen LogP contribution in [0.2, 0.25) is 13.1 Å². The molecule has 1 radical (unpaired) electrons. The number of rotatable bonds is 3. The molecule has 0 aliphatic carbocycles. The molecule has 0 saturated heterocycles. The van der Waals surface area contributed by atoms with E-state index in [4.69, 9.17) is 0 Å². The summed E-state index contributed by atoms with van der Waals surface area (Å²) in [5.41, 5.74) is 6.41. The van der Waals surface area contributed by atoms with Gasteiger partial charge in [-0.05, 0) is 16.7 Å². The summed E-state index contributed by atoms with van der Waals surface area (Å²) >= 11 is 0. The molecule has 2 rings (SSSR count). The van der Waals surface area contributed by atoms with Gasteiger partial charge in [-0.1, -0.05) is 79.5 Å². The van der Waals surface area contributed by atoms with Crippen molar-refractivity contribution in [3.8, 4) is 0 Å². The van der Waals surface area contributed by atoms with E-state index in [9.17, 15) is 0 Å². The van der Waals surface area contributed by atoms with Crippen molar-refractivity contribution in [2.45, 2.75) is 13.1 Å². The summed E-state index contributed by atoms with van der Waals surface area (Å²) < 4.78 is 0. The second kappa shape index (κ2) is 5.64. The van der Waals surface area contributed by atoms with Crippen LogP contribution in [0, 0.1) is 0 Å². The first-order valence-corrected chi connectivity index (χ1v) is 8.48. The lowest BCUT2D eigenvalue weighted by atomic mass is 10.00. The van der Waals surface area contributed by atoms with Crippen molar-refractivity contribution in [1.29, 1.82) is 0 Å². The SMILES string of the molecule is C[Si](C)C=C(c1ccccc1)c1ccccc1. The molecule has 0 atom stereocenters. The Hall–Kier alpha value is -1.60. The molecule has 85 valence electrons. The standard InChI is InChI=1S/C16H17Si/c1-17(2)13-16(14-9-5-3-6-10-14)15-11-7-4-8-12-15/h3-13H,1-2H3. The highest BCUT2D eigenvalue weighted by Crippen LogP contribution is 2.23. The fourth-order valence-corrected chi connectivity index (χ4v) is 2.77. The summed E-state index contributed by atoms with van der Waals surface area (Å²) in [6, 6.07) is 21.3.